The third kappa shape index (κ3) is 4.31. The molecule has 0 aromatic carbocycles. The van der Waals surface area contributed by atoms with E-state index in [9.17, 15) is 31.6 Å². The Morgan fingerprint density at radius 2 is 1.78 bits per heavy atom. The summed E-state index contributed by atoms with van der Waals surface area (Å²) in [6.45, 7) is 0.668. The van der Waals surface area contributed by atoms with Crippen LogP contribution in [0.15, 0.2) is 16.9 Å². The number of halogens is 2. The molecule has 2 fully saturated rings. The van der Waals surface area contributed by atoms with E-state index >= 15 is 0 Å². The second kappa shape index (κ2) is 7.93. The van der Waals surface area contributed by atoms with E-state index in [4.69, 9.17) is 0 Å². The van der Waals surface area contributed by atoms with Gasteiger partial charge in [0.15, 0.2) is 9.84 Å². The fraction of sp³-hybridized carbons (Fsp3) is 0.667. The highest BCUT2D eigenvalue weighted by Crippen LogP contribution is 2.44. The molecule has 1 aromatic rings. The van der Waals surface area contributed by atoms with Crippen LogP contribution in [0.5, 0.6) is 0 Å². The van der Waals surface area contributed by atoms with Gasteiger partial charge in [0.05, 0.1) is 4.75 Å². The van der Waals surface area contributed by atoms with Crippen LogP contribution in [0.2, 0.25) is 0 Å². The highest BCUT2D eigenvalue weighted by atomic mass is 32.2. The number of carbonyl (C=O) groups excluding carboxylic acids is 2. The first kappa shape index (κ1) is 22.9. The van der Waals surface area contributed by atoms with E-state index in [1.807, 2.05) is 0 Å². The van der Waals surface area contributed by atoms with Gasteiger partial charge in [-0.1, -0.05) is 0 Å². The molecule has 1 N–H and O–H groups in total. The first-order valence-corrected chi connectivity index (χ1v) is 12.7. The molecule has 4 rings (SSSR count). The van der Waals surface area contributed by atoms with E-state index in [1.54, 1.807) is 0 Å². The van der Waals surface area contributed by atoms with Crippen molar-refractivity contribution in [3.63, 3.8) is 0 Å². The summed E-state index contributed by atoms with van der Waals surface area (Å²) in [5.74, 6) is -3.72. The molecule has 2 heterocycles. The molecule has 2 aliphatic carbocycles. The summed E-state index contributed by atoms with van der Waals surface area (Å²) in [6.07, 6.45) is 2.44. The zero-order valence-electron chi connectivity index (χ0n) is 17.9. The summed E-state index contributed by atoms with van der Waals surface area (Å²) in [4.78, 5) is 39.7. The van der Waals surface area contributed by atoms with E-state index in [2.05, 4.69) is 5.32 Å². The number of fused-ring (bicyclic) bond motifs is 1. The topological polar surface area (TPSA) is 106 Å². The number of alkyl halides is 2. The monoisotopic (exact) mass is 471 g/mol. The van der Waals surface area contributed by atoms with Crippen LogP contribution < -0.4 is 10.9 Å². The van der Waals surface area contributed by atoms with Crippen LogP contribution in [-0.4, -0.2) is 66.3 Å². The van der Waals surface area contributed by atoms with Gasteiger partial charge in [0.25, 0.3) is 17.4 Å². The molecule has 11 heteroatoms. The van der Waals surface area contributed by atoms with Crippen LogP contribution >= 0.6 is 0 Å². The maximum Gasteiger partial charge on any atom is 0.270 e. The zero-order valence-corrected chi connectivity index (χ0v) is 18.7. The summed E-state index contributed by atoms with van der Waals surface area (Å²) in [5, 5.41) is 2.66. The predicted octanol–water partition coefficient (Wildman–Crippen LogP) is 1.44. The molecule has 2 amide bonds. The van der Waals surface area contributed by atoms with Gasteiger partial charge in [0.1, 0.15) is 11.3 Å². The maximum absolute atomic E-state index is 13.3. The minimum Gasteiger partial charge on any atom is -0.352 e. The van der Waals surface area contributed by atoms with Crippen LogP contribution in [0.1, 0.15) is 59.4 Å². The van der Waals surface area contributed by atoms with Crippen molar-refractivity contribution in [2.75, 3.05) is 25.9 Å². The van der Waals surface area contributed by atoms with Crippen molar-refractivity contribution >= 4 is 21.7 Å². The van der Waals surface area contributed by atoms with E-state index in [1.165, 1.54) is 27.9 Å². The van der Waals surface area contributed by atoms with Crippen LogP contribution in [0.25, 0.3) is 0 Å². The van der Waals surface area contributed by atoms with E-state index in [-0.39, 0.29) is 56.2 Å². The van der Waals surface area contributed by atoms with Gasteiger partial charge in [0.2, 0.25) is 5.92 Å². The van der Waals surface area contributed by atoms with Gasteiger partial charge in [-0.25, -0.2) is 17.2 Å². The average molecular weight is 472 g/mol. The molecule has 0 spiro atoms. The van der Waals surface area contributed by atoms with Crippen LogP contribution in [0.4, 0.5) is 8.78 Å². The molecular weight excluding hydrogens is 444 g/mol. The molecule has 2 saturated carbocycles. The molecule has 3 aliphatic rings. The summed E-state index contributed by atoms with van der Waals surface area (Å²) >= 11 is 0. The summed E-state index contributed by atoms with van der Waals surface area (Å²) < 4.78 is 51.0. The predicted molar refractivity (Wildman–Crippen MR) is 113 cm³/mol. The van der Waals surface area contributed by atoms with E-state index in [0.717, 1.165) is 0 Å². The van der Waals surface area contributed by atoms with Crippen molar-refractivity contribution in [3.05, 3.63) is 33.7 Å². The Morgan fingerprint density at radius 3 is 2.38 bits per heavy atom. The maximum atomic E-state index is 13.3. The summed E-state index contributed by atoms with van der Waals surface area (Å²) in [5.41, 5.74) is -0.574. The average Bonchev–Trinajstić information content (AvgIpc) is 3.50. The second-order valence-electron chi connectivity index (χ2n) is 9.28. The number of hydrogen-bond acceptors (Lipinski definition) is 5. The standard InChI is InChI=1S/C21H27F2N3O5S/c1-32(30,31)20(8-9-20)13-25-10-11-26-16(19(25)29)3-2-15(18(26)28)17(27)24-12-14-4-6-21(22,23)7-5-14/h2-3,14H,4-13H2,1H3,(H,24,27). The highest BCUT2D eigenvalue weighted by molar-refractivity contribution is 7.92. The zero-order chi connectivity index (χ0) is 23.3. The van der Waals surface area contributed by atoms with Gasteiger partial charge in [-0.05, 0) is 43.7 Å². The second-order valence-corrected chi connectivity index (χ2v) is 11.7. The lowest BCUT2D eigenvalue weighted by molar-refractivity contribution is -0.0452. The molecular formula is C21H27F2N3O5S. The minimum absolute atomic E-state index is 0.0568. The largest absolute Gasteiger partial charge is 0.352 e. The third-order valence-corrected chi connectivity index (χ3v) is 9.09. The fourth-order valence-electron chi connectivity index (χ4n) is 4.56. The number of rotatable bonds is 6. The number of aromatic nitrogens is 1. The first-order chi connectivity index (χ1) is 14.9. The van der Waals surface area contributed by atoms with Crippen LogP contribution in [0.3, 0.4) is 0 Å². The lowest BCUT2D eigenvalue weighted by Crippen LogP contribution is -2.49. The number of nitrogens with one attached hydrogen (secondary N) is 1. The lowest BCUT2D eigenvalue weighted by atomic mass is 9.87. The molecule has 1 aliphatic heterocycles. The van der Waals surface area contributed by atoms with Crippen molar-refractivity contribution in [1.82, 2.24) is 14.8 Å². The number of amides is 2. The molecule has 32 heavy (non-hydrogen) atoms. The Kier molecular flexibility index (Phi) is 5.67. The SMILES string of the molecule is CS(=O)(=O)C1(CN2CCn3c(ccc(C(=O)NCC4CCC(F)(F)CC4)c3=O)C2=O)CC1. The minimum atomic E-state index is -3.30. The third-order valence-electron chi connectivity index (χ3n) is 6.98. The number of nitrogens with zero attached hydrogens (tertiary/aromatic N) is 2. The van der Waals surface area contributed by atoms with E-state index in [0.29, 0.717) is 25.7 Å². The lowest BCUT2D eigenvalue weighted by Gasteiger charge is -2.32. The van der Waals surface area contributed by atoms with Gasteiger partial charge in [-0.15, -0.1) is 0 Å². The van der Waals surface area contributed by atoms with Crippen molar-refractivity contribution in [2.24, 2.45) is 5.92 Å². The quantitative estimate of drug-likeness (QED) is 0.676. The molecule has 0 radical (unpaired) electrons. The molecule has 8 nitrogen and oxygen atoms in total. The Hall–Kier alpha value is -2.30. The Bertz CT molecular complexity index is 1100. The Labute approximate surface area is 184 Å². The Balaban J connectivity index is 1.43. The molecule has 176 valence electrons. The molecule has 1 aromatic heterocycles. The Morgan fingerprint density at radius 1 is 1.12 bits per heavy atom. The molecule has 0 atom stereocenters. The van der Waals surface area contributed by atoms with Gasteiger partial charge in [-0.2, -0.15) is 0 Å². The highest BCUT2D eigenvalue weighted by Gasteiger charge is 2.54. The molecule has 0 saturated heterocycles. The van der Waals surface area contributed by atoms with Crippen molar-refractivity contribution in [3.8, 4) is 0 Å². The van der Waals surface area contributed by atoms with Crippen LogP contribution in [0, 0.1) is 5.92 Å². The fourth-order valence-corrected chi connectivity index (χ4v) is 5.80. The smallest absolute Gasteiger partial charge is 0.270 e. The number of sulfone groups is 1. The van der Waals surface area contributed by atoms with Gasteiger partial charge in [0, 0.05) is 45.3 Å². The summed E-state index contributed by atoms with van der Waals surface area (Å²) in [6, 6.07) is 2.70. The molecule has 0 bridgehead atoms. The summed E-state index contributed by atoms with van der Waals surface area (Å²) in [7, 11) is -3.30. The number of hydrogen-bond donors (Lipinski definition) is 1. The normalized spacial score (nSPS) is 22.3. The van der Waals surface area contributed by atoms with Crippen LogP contribution in [-0.2, 0) is 16.4 Å². The van der Waals surface area contributed by atoms with Crippen molar-refractivity contribution < 1.29 is 26.8 Å². The molecule has 0 unspecified atom stereocenters. The van der Waals surface area contributed by atoms with Crippen molar-refractivity contribution in [1.29, 1.82) is 0 Å². The van der Waals surface area contributed by atoms with Gasteiger partial charge in [-0.3, -0.25) is 14.4 Å². The van der Waals surface area contributed by atoms with Gasteiger partial charge >= 0.3 is 0 Å². The van der Waals surface area contributed by atoms with Gasteiger partial charge < -0.3 is 14.8 Å². The first-order valence-electron chi connectivity index (χ1n) is 10.8. The number of carbonyl (C=O) groups is 2. The number of pyridine rings is 1. The van der Waals surface area contributed by atoms with Crippen molar-refractivity contribution in [2.45, 2.75) is 55.7 Å². The van der Waals surface area contributed by atoms with E-state index < -0.39 is 37.9 Å².